The van der Waals surface area contributed by atoms with E-state index in [1.807, 2.05) is 30.3 Å². The fourth-order valence-corrected chi connectivity index (χ4v) is 4.24. The van der Waals surface area contributed by atoms with Crippen LogP contribution in [0.5, 0.6) is 5.75 Å². The van der Waals surface area contributed by atoms with Crippen molar-refractivity contribution in [2.45, 2.75) is 44.4 Å². The Morgan fingerprint density at radius 3 is 2.69 bits per heavy atom. The normalized spacial score (nSPS) is 18.2. The van der Waals surface area contributed by atoms with Gasteiger partial charge < -0.3 is 20.5 Å². The second-order valence-corrected chi connectivity index (χ2v) is 8.50. The van der Waals surface area contributed by atoms with E-state index in [0.29, 0.717) is 23.4 Å². The summed E-state index contributed by atoms with van der Waals surface area (Å²) >= 11 is 6.49. The molecule has 1 fully saturated rings. The minimum atomic E-state index is -0.263. The van der Waals surface area contributed by atoms with Crippen LogP contribution < -0.4 is 15.4 Å². The molecule has 168 valence electrons. The number of methoxy groups -OCH3 is 1. The molecule has 3 N–H and O–H groups in total. The van der Waals surface area contributed by atoms with E-state index in [0.717, 1.165) is 53.9 Å². The number of rotatable bonds is 7. The van der Waals surface area contributed by atoms with Gasteiger partial charge in [-0.2, -0.15) is 0 Å². The van der Waals surface area contributed by atoms with Crippen molar-refractivity contribution in [1.29, 1.82) is 0 Å². The number of hydrogen-bond donors (Lipinski definition) is 3. The topological polar surface area (TPSA) is 66.4 Å². The largest absolute Gasteiger partial charge is 0.495 e. The van der Waals surface area contributed by atoms with Crippen LogP contribution in [0, 0.1) is 5.82 Å². The zero-order valence-corrected chi connectivity index (χ0v) is 18.7. The molecule has 0 spiro atoms. The molecule has 4 rings (SSSR count). The van der Waals surface area contributed by atoms with Crippen LogP contribution in [0.4, 0.5) is 15.9 Å². The van der Waals surface area contributed by atoms with Crippen molar-refractivity contribution in [2.75, 3.05) is 17.7 Å². The Bertz CT molecular complexity index is 1070. The van der Waals surface area contributed by atoms with Gasteiger partial charge in [-0.3, -0.25) is 0 Å². The van der Waals surface area contributed by atoms with E-state index in [1.54, 1.807) is 19.4 Å². The predicted molar refractivity (Wildman–Crippen MR) is 127 cm³/mol. The number of halogens is 2. The second-order valence-electron chi connectivity index (χ2n) is 8.10. The van der Waals surface area contributed by atoms with E-state index < -0.39 is 0 Å². The number of nitrogens with one attached hydrogen (secondary N) is 2. The number of benzene rings is 2. The standard InChI is InChI=1S/C25H27ClFN3O2/c1-32-24-10-5-17(12-23(24)28-14-16-3-2-4-18(27)11-16)21-13-25(29-15-22(21)26)30-19-6-8-20(31)9-7-19/h2-5,10-13,15,19-20,28,31H,6-9,14H2,1H3,(H,29,30)/t19-,20-. The summed E-state index contributed by atoms with van der Waals surface area (Å²) in [6.07, 6.45) is 4.89. The van der Waals surface area contributed by atoms with Gasteiger partial charge in [-0.25, -0.2) is 9.37 Å². The highest BCUT2D eigenvalue weighted by atomic mass is 35.5. The minimum Gasteiger partial charge on any atom is -0.495 e. The number of anilines is 2. The van der Waals surface area contributed by atoms with Gasteiger partial charge in [0.2, 0.25) is 0 Å². The summed E-state index contributed by atoms with van der Waals surface area (Å²) in [7, 11) is 1.62. The molecule has 1 aromatic heterocycles. The molecule has 7 heteroatoms. The summed E-state index contributed by atoms with van der Waals surface area (Å²) in [5.74, 6) is 1.19. The minimum absolute atomic E-state index is 0.195. The molecule has 0 atom stereocenters. The lowest BCUT2D eigenvalue weighted by Crippen LogP contribution is -2.28. The fraction of sp³-hybridized carbons (Fsp3) is 0.320. The first-order valence-electron chi connectivity index (χ1n) is 10.8. The molecule has 1 aliphatic rings. The van der Waals surface area contributed by atoms with E-state index in [2.05, 4.69) is 15.6 Å². The molecule has 1 saturated carbocycles. The summed E-state index contributed by atoms with van der Waals surface area (Å²) < 4.78 is 19.0. The average Bonchev–Trinajstić information content (AvgIpc) is 2.80. The average molecular weight is 456 g/mol. The number of aliphatic hydroxyl groups excluding tert-OH is 1. The molecule has 0 bridgehead atoms. The van der Waals surface area contributed by atoms with Crippen LogP contribution in [0.3, 0.4) is 0 Å². The van der Waals surface area contributed by atoms with Gasteiger partial charge in [-0.15, -0.1) is 0 Å². The first kappa shape index (κ1) is 22.4. The van der Waals surface area contributed by atoms with Crippen molar-refractivity contribution in [2.24, 2.45) is 0 Å². The highest BCUT2D eigenvalue weighted by molar-refractivity contribution is 6.33. The summed E-state index contributed by atoms with van der Waals surface area (Å²) in [4.78, 5) is 4.44. The first-order chi connectivity index (χ1) is 15.5. The molecule has 5 nitrogen and oxygen atoms in total. The molecular weight excluding hydrogens is 429 g/mol. The van der Waals surface area contributed by atoms with Gasteiger partial charge in [-0.05, 0) is 67.1 Å². The summed E-state index contributed by atoms with van der Waals surface area (Å²) in [5, 5.41) is 17.1. The van der Waals surface area contributed by atoms with Crippen LogP contribution in [0.1, 0.15) is 31.2 Å². The summed E-state index contributed by atoms with van der Waals surface area (Å²) in [6.45, 7) is 0.460. The predicted octanol–water partition coefficient (Wildman–Crippen LogP) is 5.88. The Morgan fingerprint density at radius 1 is 1.12 bits per heavy atom. The van der Waals surface area contributed by atoms with Crippen molar-refractivity contribution >= 4 is 23.1 Å². The highest BCUT2D eigenvalue weighted by Gasteiger charge is 2.20. The molecule has 0 unspecified atom stereocenters. The Balaban J connectivity index is 1.55. The highest BCUT2D eigenvalue weighted by Crippen LogP contribution is 2.35. The van der Waals surface area contributed by atoms with Gasteiger partial charge in [-0.1, -0.05) is 29.8 Å². The molecule has 0 saturated heterocycles. The molecule has 0 aliphatic heterocycles. The van der Waals surface area contributed by atoms with E-state index in [1.165, 1.54) is 12.1 Å². The quantitative estimate of drug-likeness (QED) is 0.415. The molecule has 1 aliphatic carbocycles. The van der Waals surface area contributed by atoms with Crippen LogP contribution in [0.2, 0.25) is 5.02 Å². The molecule has 1 heterocycles. The third-order valence-corrected chi connectivity index (χ3v) is 6.09. The van der Waals surface area contributed by atoms with Crippen molar-refractivity contribution in [3.05, 3.63) is 71.1 Å². The maximum absolute atomic E-state index is 13.5. The van der Waals surface area contributed by atoms with Crippen molar-refractivity contribution in [3.8, 4) is 16.9 Å². The number of hydrogen-bond acceptors (Lipinski definition) is 5. The Morgan fingerprint density at radius 2 is 1.94 bits per heavy atom. The Hall–Kier alpha value is -2.83. The van der Waals surface area contributed by atoms with Crippen LogP contribution >= 0.6 is 11.6 Å². The second kappa shape index (κ2) is 10.2. The molecule has 0 radical (unpaired) electrons. The lowest BCUT2D eigenvalue weighted by atomic mass is 9.93. The number of aromatic nitrogens is 1. The number of pyridine rings is 1. The summed E-state index contributed by atoms with van der Waals surface area (Å²) in [5.41, 5.74) is 3.40. The Kier molecular flexibility index (Phi) is 7.12. The Labute approximate surface area is 192 Å². The smallest absolute Gasteiger partial charge is 0.141 e. The van der Waals surface area contributed by atoms with E-state index >= 15 is 0 Å². The van der Waals surface area contributed by atoms with Gasteiger partial charge >= 0.3 is 0 Å². The SMILES string of the molecule is COc1ccc(-c2cc(N[C@H]3CC[C@H](O)CC3)ncc2Cl)cc1NCc1cccc(F)c1. The van der Waals surface area contributed by atoms with Crippen molar-refractivity contribution in [3.63, 3.8) is 0 Å². The third-order valence-electron chi connectivity index (χ3n) is 5.79. The number of ether oxygens (including phenoxy) is 1. The third kappa shape index (κ3) is 5.50. The monoisotopic (exact) mass is 455 g/mol. The van der Waals surface area contributed by atoms with Crippen LogP contribution in [0.25, 0.3) is 11.1 Å². The van der Waals surface area contributed by atoms with Crippen LogP contribution in [-0.2, 0) is 6.54 Å². The van der Waals surface area contributed by atoms with Gasteiger partial charge in [0.1, 0.15) is 17.4 Å². The molecule has 3 aromatic rings. The van der Waals surface area contributed by atoms with Crippen LogP contribution in [-0.4, -0.2) is 29.3 Å². The first-order valence-corrected chi connectivity index (χ1v) is 11.2. The fourth-order valence-electron chi connectivity index (χ4n) is 4.03. The zero-order valence-electron chi connectivity index (χ0n) is 17.9. The summed E-state index contributed by atoms with van der Waals surface area (Å²) in [6, 6.07) is 14.5. The maximum Gasteiger partial charge on any atom is 0.141 e. The lowest BCUT2D eigenvalue weighted by molar-refractivity contribution is 0.126. The maximum atomic E-state index is 13.5. The zero-order chi connectivity index (χ0) is 22.5. The number of aliphatic hydroxyl groups is 1. The molecule has 32 heavy (non-hydrogen) atoms. The van der Waals surface area contributed by atoms with E-state index in [-0.39, 0.29) is 11.9 Å². The molecule has 0 amide bonds. The van der Waals surface area contributed by atoms with Crippen molar-refractivity contribution in [1.82, 2.24) is 4.98 Å². The van der Waals surface area contributed by atoms with Gasteiger partial charge in [0.25, 0.3) is 0 Å². The van der Waals surface area contributed by atoms with Crippen molar-refractivity contribution < 1.29 is 14.2 Å². The van der Waals surface area contributed by atoms with Crippen LogP contribution in [0.15, 0.2) is 54.7 Å². The van der Waals surface area contributed by atoms with E-state index in [4.69, 9.17) is 16.3 Å². The van der Waals surface area contributed by atoms with Gasteiger partial charge in [0.05, 0.1) is 23.9 Å². The molecular formula is C25H27ClFN3O2. The van der Waals surface area contributed by atoms with Gasteiger partial charge in [0.15, 0.2) is 0 Å². The lowest BCUT2D eigenvalue weighted by Gasteiger charge is -2.26. The molecule has 2 aromatic carbocycles. The number of nitrogens with zero attached hydrogens (tertiary/aromatic N) is 1. The van der Waals surface area contributed by atoms with E-state index in [9.17, 15) is 9.50 Å². The van der Waals surface area contributed by atoms with Gasteiger partial charge in [0, 0.05) is 24.3 Å².